The summed E-state index contributed by atoms with van der Waals surface area (Å²) >= 11 is 0. The summed E-state index contributed by atoms with van der Waals surface area (Å²) in [6, 6.07) is 0. The van der Waals surface area contributed by atoms with Gasteiger partial charge in [0, 0.05) is 5.92 Å². The van der Waals surface area contributed by atoms with E-state index in [0.29, 0.717) is 0 Å². The normalized spacial score (nSPS) is 55.5. The molecule has 0 aromatic rings. The molecule has 1 saturated carbocycles. The second-order valence-electron chi connectivity index (χ2n) is 1.55. The minimum atomic E-state index is -1.26. The van der Waals surface area contributed by atoms with Crippen LogP contribution in [0.3, 0.4) is 0 Å². The zero-order chi connectivity index (χ0) is 4.73. The molecule has 1 fully saturated rings. The Bertz CT molecular complexity index is 42.3. The highest BCUT2D eigenvalue weighted by Gasteiger charge is 2.48. The van der Waals surface area contributed by atoms with Gasteiger partial charge in [-0.05, 0) is 6.92 Å². The molecule has 0 amide bonds. The Kier molecular flexibility index (Phi) is 0.620. The van der Waals surface area contributed by atoms with Crippen molar-refractivity contribution in [3.63, 3.8) is 0 Å². The van der Waals surface area contributed by atoms with E-state index >= 15 is 0 Å². The molecule has 2 unspecified atom stereocenters. The van der Waals surface area contributed by atoms with Crippen molar-refractivity contribution >= 4 is 0 Å². The largest absolute Gasteiger partial charge is 0.244 e. The Morgan fingerprint density at radius 1 is 1.17 bits per heavy atom. The minimum Gasteiger partial charge on any atom is -0.244 e. The van der Waals surface area contributed by atoms with Crippen molar-refractivity contribution < 1.29 is 8.78 Å². The van der Waals surface area contributed by atoms with E-state index in [1.807, 2.05) is 0 Å². The van der Waals surface area contributed by atoms with E-state index in [2.05, 4.69) is 6.92 Å². The van der Waals surface area contributed by atoms with Gasteiger partial charge in [-0.3, -0.25) is 0 Å². The SMILES string of the molecule is [CH2]C1C(F)C1F. The van der Waals surface area contributed by atoms with Crippen molar-refractivity contribution in [1.82, 2.24) is 0 Å². The molecule has 0 nitrogen and oxygen atoms in total. The second-order valence-corrected chi connectivity index (χ2v) is 1.55. The van der Waals surface area contributed by atoms with Crippen molar-refractivity contribution in [1.29, 1.82) is 0 Å². The second kappa shape index (κ2) is 0.922. The van der Waals surface area contributed by atoms with Crippen molar-refractivity contribution in [2.75, 3.05) is 0 Å². The summed E-state index contributed by atoms with van der Waals surface area (Å²) in [5.74, 6) is -0.565. The lowest BCUT2D eigenvalue weighted by Gasteiger charge is -1.61. The van der Waals surface area contributed by atoms with Crippen LogP contribution in [-0.2, 0) is 0 Å². The summed E-state index contributed by atoms with van der Waals surface area (Å²) < 4.78 is 22.9. The molecule has 1 radical (unpaired) electrons. The highest BCUT2D eigenvalue weighted by molar-refractivity contribution is 5.00. The molecule has 0 bridgehead atoms. The maximum Gasteiger partial charge on any atom is 0.137 e. The topological polar surface area (TPSA) is 0 Å². The van der Waals surface area contributed by atoms with E-state index in [1.165, 1.54) is 0 Å². The highest BCUT2D eigenvalue weighted by atomic mass is 19.2. The molecule has 0 aromatic heterocycles. The van der Waals surface area contributed by atoms with Crippen LogP contribution in [0.4, 0.5) is 8.78 Å². The fourth-order valence-corrected chi connectivity index (χ4v) is 0.293. The Morgan fingerprint density at radius 3 is 1.33 bits per heavy atom. The first-order chi connectivity index (χ1) is 2.73. The molecule has 35 valence electrons. The first kappa shape index (κ1) is 4.03. The molecule has 0 aromatic carbocycles. The molecule has 0 saturated heterocycles. The van der Waals surface area contributed by atoms with Gasteiger partial charge in [0.1, 0.15) is 12.3 Å². The van der Waals surface area contributed by atoms with Crippen LogP contribution in [-0.4, -0.2) is 12.3 Å². The minimum absolute atomic E-state index is 0.565. The molecule has 1 aliphatic rings. The first-order valence-corrected chi connectivity index (χ1v) is 1.84. The molecule has 0 heterocycles. The molecular weight excluding hydrogens is 86.0 g/mol. The van der Waals surface area contributed by atoms with Crippen molar-refractivity contribution in [2.45, 2.75) is 12.3 Å². The van der Waals surface area contributed by atoms with Crippen LogP contribution in [0.1, 0.15) is 0 Å². The molecule has 1 rings (SSSR count). The first-order valence-electron chi connectivity index (χ1n) is 1.84. The number of alkyl halides is 2. The van der Waals surface area contributed by atoms with Crippen molar-refractivity contribution in [3.8, 4) is 0 Å². The van der Waals surface area contributed by atoms with Gasteiger partial charge in [-0.25, -0.2) is 8.78 Å². The smallest absolute Gasteiger partial charge is 0.137 e. The van der Waals surface area contributed by atoms with Crippen LogP contribution < -0.4 is 0 Å². The van der Waals surface area contributed by atoms with Crippen LogP contribution in [0.5, 0.6) is 0 Å². The van der Waals surface area contributed by atoms with Gasteiger partial charge in [0.15, 0.2) is 0 Å². The lowest BCUT2D eigenvalue weighted by Crippen LogP contribution is -1.68. The fraction of sp³-hybridized carbons (Fsp3) is 0.750. The number of hydrogen-bond acceptors (Lipinski definition) is 0. The van der Waals surface area contributed by atoms with Gasteiger partial charge in [0.05, 0.1) is 0 Å². The third kappa shape index (κ3) is 0.325. The molecule has 0 aliphatic heterocycles. The Morgan fingerprint density at radius 2 is 1.33 bits per heavy atom. The van der Waals surface area contributed by atoms with E-state index < -0.39 is 18.3 Å². The van der Waals surface area contributed by atoms with E-state index in [9.17, 15) is 8.78 Å². The Hall–Kier alpha value is -0.140. The summed E-state index contributed by atoms with van der Waals surface area (Å²) in [5.41, 5.74) is 0. The summed E-state index contributed by atoms with van der Waals surface area (Å²) in [6.07, 6.45) is -2.52. The zero-order valence-corrected chi connectivity index (χ0v) is 3.20. The molecule has 2 heteroatoms. The quantitative estimate of drug-likeness (QED) is 0.419. The summed E-state index contributed by atoms with van der Waals surface area (Å²) in [5, 5.41) is 0. The van der Waals surface area contributed by atoms with Crippen molar-refractivity contribution in [2.24, 2.45) is 5.92 Å². The Labute approximate surface area is 35.2 Å². The van der Waals surface area contributed by atoms with Gasteiger partial charge < -0.3 is 0 Å². The van der Waals surface area contributed by atoms with Crippen molar-refractivity contribution in [3.05, 3.63) is 6.92 Å². The van der Waals surface area contributed by atoms with Gasteiger partial charge in [-0.15, -0.1) is 0 Å². The van der Waals surface area contributed by atoms with Gasteiger partial charge in [0.2, 0.25) is 0 Å². The van der Waals surface area contributed by atoms with Crippen LogP contribution in [0.2, 0.25) is 0 Å². The lowest BCUT2D eigenvalue weighted by molar-refractivity contribution is 0.372. The third-order valence-corrected chi connectivity index (χ3v) is 0.981. The fourth-order valence-electron chi connectivity index (χ4n) is 0.293. The maximum absolute atomic E-state index is 11.5. The predicted octanol–water partition coefficient (Wildman–Crippen LogP) is 1.13. The van der Waals surface area contributed by atoms with E-state index in [-0.39, 0.29) is 0 Å². The van der Waals surface area contributed by atoms with E-state index in [4.69, 9.17) is 0 Å². The monoisotopic (exact) mass is 91.0 g/mol. The van der Waals surface area contributed by atoms with Crippen LogP contribution in [0, 0.1) is 12.8 Å². The van der Waals surface area contributed by atoms with Gasteiger partial charge in [0.25, 0.3) is 0 Å². The van der Waals surface area contributed by atoms with Gasteiger partial charge in [-0.2, -0.15) is 0 Å². The van der Waals surface area contributed by atoms with Crippen LogP contribution in [0.15, 0.2) is 0 Å². The predicted molar refractivity (Wildman–Crippen MR) is 18.6 cm³/mol. The zero-order valence-electron chi connectivity index (χ0n) is 3.20. The third-order valence-electron chi connectivity index (χ3n) is 0.981. The van der Waals surface area contributed by atoms with E-state index in [0.717, 1.165) is 0 Å². The number of halogens is 2. The molecular formula is C4H5F2. The lowest BCUT2D eigenvalue weighted by atomic mass is 10.5. The average molecular weight is 91.1 g/mol. The molecule has 6 heavy (non-hydrogen) atoms. The Balaban J connectivity index is 2.31. The molecule has 2 atom stereocenters. The van der Waals surface area contributed by atoms with E-state index in [1.54, 1.807) is 0 Å². The summed E-state index contributed by atoms with van der Waals surface area (Å²) in [4.78, 5) is 0. The van der Waals surface area contributed by atoms with Crippen LogP contribution in [0.25, 0.3) is 0 Å². The standard InChI is InChI=1S/C4H5F2/c1-2-3(5)4(2)6/h2-4H,1H2. The van der Waals surface area contributed by atoms with Gasteiger partial charge in [-0.1, -0.05) is 0 Å². The molecule has 0 N–H and O–H groups in total. The maximum atomic E-state index is 11.5. The molecule has 1 aliphatic carbocycles. The average Bonchev–Trinajstić information content (AvgIpc) is 1.94. The highest BCUT2D eigenvalue weighted by Crippen LogP contribution is 2.36. The van der Waals surface area contributed by atoms with Crippen LogP contribution >= 0.6 is 0 Å². The number of hydrogen-bond donors (Lipinski definition) is 0. The summed E-state index contributed by atoms with van der Waals surface area (Å²) in [6.45, 7) is 3.16. The van der Waals surface area contributed by atoms with Gasteiger partial charge >= 0.3 is 0 Å². The summed E-state index contributed by atoms with van der Waals surface area (Å²) in [7, 11) is 0. The number of rotatable bonds is 0. The molecule has 0 spiro atoms.